The van der Waals surface area contributed by atoms with Crippen LogP contribution in [0, 0.1) is 11.3 Å². The van der Waals surface area contributed by atoms with Gasteiger partial charge in [-0.25, -0.2) is 0 Å². The van der Waals surface area contributed by atoms with Crippen molar-refractivity contribution in [2.24, 2.45) is 11.3 Å². The molecule has 2 heteroatoms. The number of piperazine rings is 1. The molecule has 0 spiro atoms. The normalized spacial score (nSPS) is 24.0. The molecule has 1 aliphatic heterocycles. The summed E-state index contributed by atoms with van der Waals surface area (Å²) >= 11 is 0. The van der Waals surface area contributed by atoms with Gasteiger partial charge in [0.1, 0.15) is 0 Å². The maximum atomic E-state index is 3.62. The third-order valence-electron chi connectivity index (χ3n) is 4.17. The van der Waals surface area contributed by atoms with Crippen molar-refractivity contribution in [2.75, 3.05) is 26.2 Å². The largest absolute Gasteiger partial charge is 0.311 e. The molecule has 0 saturated carbocycles. The van der Waals surface area contributed by atoms with Gasteiger partial charge in [-0.15, -0.1) is 0 Å². The molecule has 2 nitrogen and oxygen atoms in total. The van der Waals surface area contributed by atoms with Crippen molar-refractivity contribution in [2.45, 2.75) is 53.5 Å². The fraction of sp³-hybridized carbons (Fsp3) is 1.00. The molecule has 1 unspecified atom stereocenters. The highest BCUT2D eigenvalue weighted by molar-refractivity contribution is 4.83. The van der Waals surface area contributed by atoms with Gasteiger partial charge in [0.15, 0.2) is 0 Å². The minimum atomic E-state index is 0.439. The van der Waals surface area contributed by atoms with Crippen LogP contribution in [0.3, 0.4) is 0 Å². The van der Waals surface area contributed by atoms with Crippen LogP contribution >= 0.6 is 0 Å². The molecule has 1 heterocycles. The summed E-state index contributed by atoms with van der Waals surface area (Å²) in [6, 6.07) is 0.724. The molecule has 16 heavy (non-hydrogen) atoms. The van der Waals surface area contributed by atoms with Crippen molar-refractivity contribution in [3.8, 4) is 0 Å². The fourth-order valence-electron chi connectivity index (χ4n) is 2.34. The lowest BCUT2D eigenvalue weighted by molar-refractivity contribution is 0.105. The van der Waals surface area contributed by atoms with Crippen LogP contribution in [0.5, 0.6) is 0 Å². The minimum absolute atomic E-state index is 0.439. The van der Waals surface area contributed by atoms with E-state index in [0.29, 0.717) is 5.41 Å². The first-order chi connectivity index (χ1) is 7.45. The molecular weight excluding hydrogens is 196 g/mol. The van der Waals surface area contributed by atoms with Crippen molar-refractivity contribution in [3.05, 3.63) is 0 Å². The second-order valence-corrected chi connectivity index (χ2v) is 6.32. The Hall–Kier alpha value is -0.0800. The van der Waals surface area contributed by atoms with E-state index in [1.165, 1.54) is 39.0 Å². The van der Waals surface area contributed by atoms with Crippen molar-refractivity contribution in [1.29, 1.82) is 0 Å². The lowest BCUT2D eigenvalue weighted by Gasteiger charge is -2.40. The maximum Gasteiger partial charge on any atom is 0.0195 e. The highest BCUT2D eigenvalue weighted by atomic mass is 15.2. The molecule has 0 amide bonds. The Balaban J connectivity index is 2.42. The first-order valence-corrected chi connectivity index (χ1v) is 6.91. The third kappa shape index (κ3) is 4.06. The van der Waals surface area contributed by atoms with Gasteiger partial charge in [0.05, 0.1) is 0 Å². The van der Waals surface area contributed by atoms with E-state index in [9.17, 15) is 0 Å². The molecular formula is C14H30N2. The van der Waals surface area contributed by atoms with Crippen LogP contribution in [0.2, 0.25) is 0 Å². The van der Waals surface area contributed by atoms with Gasteiger partial charge < -0.3 is 5.32 Å². The molecule has 0 radical (unpaired) electrons. The molecule has 1 fully saturated rings. The lowest BCUT2D eigenvalue weighted by atomic mass is 9.80. The van der Waals surface area contributed by atoms with Gasteiger partial charge in [0, 0.05) is 32.2 Å². The van der Waals surface area contributed by atoms with Gasteiger partial charge in [0.2, 0.25) is 0 Å². The Morgan fingerprint density at radius 2 is 2.06 bits per heavy atom. The van der Waals surface area contributed by atoms with E-state index < -0.39 is 0 Å². The summed E-state index contributed by atoms with van der Waals surface area (Å²) in [5.74, 6) is 0.756. The van der Waals surface area contributed by atoms with Crippen LogP contribution in [-0.4, -0.2) is 37.1 Å². The van der Waals surface area contributed by atoms with Crippen LogP contribution in [-0.2, 0) is 0 Å². The molecule has 0 aromatic rings. The Kier molecular flexibility index (Phi) is 5.26. The van der Waals surface area contributed by atoms with Gasteiger partial charge in [-0.3, -0.25) is 4.90 Å². The van der Waals surface area contributed by atoms with E-state index in [4.69, 9.17) is 0 Å². The maximum absolute atomic E-state index is 3.62. The Bertz CT molecular complexity index is 197. The van der Waals surface area contributed by atoms with Crippen LogP contribution in [0.25, 0.3) is 0 Å². The topological polar surface area (TPSA) is 15.3 Å². The average molecular weight is 226 g/mol. The molecule has 1 atom stereocenters. The van der Waals surface area contributed by atoms with Crippen molar-refractivity contribution < 1.29 is 0 Å². The second-order valence-electron chi connectivity index (χ2n) is 6.32. The molecule has 1 aliphatic rings. The zero-order valence-electron chi connectivity index (χ0n) is 11.8. The van der Waals surface area contributed by atoms with Crippen molar-refractivity contribution in [1.82, 2.24) is 10.2 Å². The standard InChI is InChI=1S/C14H30N2/c1-6-7-13-10-16(9-8-15-13)11-14(4,5)12(2)3/h12-13,15H,6-11H2,1-5H3. The predicted octanol–water partition coefficient (Wildman–Crippen LogP) is 2.74. The number of hydrogen-bond donors (Lipinski definition) is 1. The predicted molar refractivity (Wildman–Crippen MR) is 71.8 cm³/mol. The van der Waals surface area contributed by atoms with Crippen LogP contribution in [0.4, 0.5) is 0 Å². The van der Waals surface area contributed by atoms with E-state index in [2.05, 4.69) is 44.8 Å². The molecule has 0 bridgehead atoms. The number of rotatable bonds is 5. The number of nitrogens with zero attached hydrogens (tertiary/aromatic N) is 1. The summed E-state index contributed by atoms with van der Waals surface area (Å²) in [7, 11) is 0. The lowest BCUT2D eigenvalue weighted by Crippen LogP contribution is -2.53. The zero-order valence-corrected chi connectivity index (χ0v) is 11.8. The van der Waals surface area contributed by atoms with Crippen molar-refractivity contribution >= 4 is 0 Å². The average Bonchev–Trinajstić information content (AvgIpc) is 2.17. The second kappa shape index (κ2) is 6.02. The Morgan fingerprint density at radius 3 is 2.62 bits per heavy atom. The van der Waals surface area contributed by atoms with Crippen molar-refractivity contribution in [3.63, 3.8) is 0 Å². The SMILES string of the molecule is CCCC1CN(CC(C)(C)C(C)C)CCN1. The minimum Gasteiger partial charge on any atom is -0.311 e. The summed E-state index contributed by atoms with van der Waals surface area (Å²) in [4.78, 5) is 2.65. The highest BCUT2D eigenvalue weighted by Gasteiger charge is 2.27. The molecule has 96 valence electrons. The fourth-order valence-corrected chi connectivity index (χ4v) is 2.34. The quantitative estimate of drug-likeness (QED) is 0.775. The molecule has 0 aromatic carbocycles. The van der Waals surface area contributed by atoms with E-state index in [1.54, 1.807) is 0 Å². The molecule has 1 rings (SSSR count). The zero-order chi connectivity index (χ0) is 12.2. The highest BCUT2D eigenvalue weighted by Crippen LogP contribution is 2.27. The Morgan fingerprint density at radius 1 is 1.38 bits per heavy atom. The van der Waals surface area contributed by atoms with Crippen LogP contribution < -0.4 is 5.32 Å². The van der Waals surface area contributed by atoms with E-state index in [1.807, 2.05) is 0 Å². The van der Waals surface area contributed by atoms with Gasteiger partial charge in [-0.2, -0.15) is 0 Å². The summed E-state index contributed by atoms with van der Waals surface area (Å²) in [5.41, 5.74) is 0.439. The molecule has 0 aromatic heterocycles. The Labute approximate surface area is 102 Å². The van der Waals surface area contributed by atoms with Gasteiger partial charge in [-0.1, -0.05) is 41.0 Å². The summed E-state index contributed by atoms with van der Waals surface area (Å²) in [6.45, 7) is 16.6. The van der Waals surface area contributed by atoms with E-state index >= 15 is 0 Å². The summed E-state index contributed by atoms with van der Waals surface area (Å²) in [6.07, 6.45) is 2.61. The van der Waals surface area contributed by atoms with E-state index in [0.717, 1.165) is 12.0 Å². The van der Waals surface area contributed by atoms with Gasteiger partial charge >= 0.3 is 0 Å². The molecule has 1 N–H and O–H groups in total. The van der Waals surface area contributed by atoms with Crippen LogP contribution in [0.1, 0.15) is 47.5 Å². The summed E-state index contributed by atoms with van der Waals surface area (Å²) in [5, 5.41) is 3.62. The number of nitrogens with one attached hydrogen (secondary N) is 1. The smallest absolute Gasteiger partial charge is 0.0195 e. The first kappa shape index (κ1) is 14.0. The monoisotopic (exact) mass is 226 g/mol. The first-order valence-electron chi connectivity index (χ1n) is 6.91. The molecule has 1 saturated heterocycles. The summed E-state index contributed by atoms with van der Waals surface area (Å²) < 4.78 is 0. The molecule has 0 aliphatic carbocycles. The van der Waals surface area contributed by atoms with Crippen LogP contribution in [0.15, 0.2) is 0 Å². The van der Waals surface area contributed by atoms with Gasteiger partial charge in [-0.05, 0) is 17.8 Å². The third-order valence-corrected chi connectivity index (χ3v) is 4.17. The van der Waals surface area contributed by atoms with E-state index in [-0.39, 0.29) is 0 Å². The number of hydrogen-bond acceptors (Lipinski definition) is 2. The van der Waals surface area contributed by atoms with Gasteiger partial charge in [0.25, 0.3) is 0 Å².